The number of allylic oxidation sites excluding steroid dienone is 4. The summed E-state index contributed by atoms with van der Waals surface area (Å²) in [5.41, 5.74) is -2.81. The average Bonchev–Trinajstić information content (AvgIpc) is 3.59. The van der Waals surface area contributed by atoms with Gasteiger partial charge in [0, 0.05) is 17.6 Å². The van der Waals surface area contributed by atoms with Crippen LogP contribution < -0.4 is 0 Å². The number of aliphatic hydroxyl groups is 1. The molecule has 1 aromatic carbocycles. The third kappa shape index (κ3) is 4.59. The molecule has 0 aliphatic heterocycles. The fourth-order valence-electron chi connectivity index (χ4n) is 4.99. The quantitative estimate of drug-likeness (QED) is 0.642. The maximum atomic E-state index is 13.3. The van der Waals surface area contributed by atoms with Crippen LogP contribution in [0.4, 0.5) is 13.2 Å². The zero-order valence-corrected chi connectivity index (χ0v) is 17.8. The van der Waals surface area contributed by atoms with Gasteiger partial charge < -0.3 is 10.0 Å². The first-order valence-electron chi connectivity index (χ1n) is 11.2. The number of hydrogen-bond acceptors (Lipinski definition) is 2. The van der Waals surface area contributed by atoms with Gasteiger partial charge in [-0.05, 0) is 81.4 Å². The molecule has 1 unspecified atom stereocenters. The first kappa shape index (κ1) is 22.1. The normalized spacial score (nSPS) is 28.2. The second-order valence-electron chi connectivity index (χ2n) is 9.37. The van der Waals surface area contributed by atoms with Crippen LogP contribution in [0, 0.1) is 11.8 Å². The Labute approximate surface area is 181 Å². The third-order valence-corrected chi connectivity index (χ3v) is 7.17. The van der Waals surface area contributed by atoms with Crippen LogP contribution >= 0.6 is 0 Å². The molecule has 3 aliphatic rings. The van der Waals surface area contributed by atoms with Crippen LogP contribution in [0.15, 0.2) is 48.6 Å². The van der Waals surface area contributed by atoms with Crippen molar-refractivity contribution >= 4 is 5.91 Å². The molecule has 4 rings (SSSR count). The molecule has 1 aromatic rings. The Morgan fingerprint density at radius 2 is 1.55 bits per heavy atom. The van der Waals surface area contributed by atoms with Gasteiger partial charge in [0.1, 0.15) is 0 Å². The summed E-state index contributed by atoms with van der Waals surface area (Å²) in [7, 11) is 0. The first-order valence-corrected chi connectivity index (χ1v) is 11.2. The molecule has 2 fully saturated rings. The lowest BCUT2D eigenvalue weighted by atomic mass is 9.75. The van der Waals surface area contributed by atoms with E-state index in [9.17, 15) is 23.1 Å². The van der Waals surface area contributed by atoms with E-state index in [0.29, 0.717) is 17.4 Å². The van der Waals surface area contributed by atoms with Gasteiger partial charge in [-0.1, -0.05) is 36.4 Å². The molecule has 0 heterocycles. The molecule has 3 nitrogen and oxygen atoms in total. The van der Waals surface area contributed by atoms with E-state index < -0.39 is 11.8 Å². The number of benzene rings is 1. The van der Waals surface area contributed by atoms with Gasteiger partial charge >= 0.3 is 6.18 Å². The Morgan fingerprint density at radius 3 is 2.03 bits per heavy atom. The minimum Gasteiger partial charge on any atom is -0.376 e. The SMILES string of the molecule is C[C@](O)(c1ccc(C(=O)N(C2CCC(C3C=CC=CC3)CC2)C2CC2)cc1)C(F)(F)F. The minimum atomic E-state index is -4.78. The highest BCUT2D eigenvalue weighted by molar-refractivity contribution is 5.95. The summed E-state index contributed by atoms with van der Waals surface area (Å²) >= 11 is 0. The molecular weight excluding hydrogens is 403 g/mol. The minimum absolute atomic E-state index is 0.107. The Kier molecular flexibility index (Phi) is 6.03. The van der Waals surface area contributed by atoms with Crippen molar-refractivity contribution in [3.63, 3.8) is 0 Å². The van der Waals surface area contributed by atoms with E-state index in [1.807, 2.05) is 4.90 Å². The molecule has 2 atom stereocenters. The molecule has 0 spiro atoms. The molecule has 0 saturated heterocycles. The van der Waals surface area contributed by atoms with Crippen molar-refractivity contribution in [1.29, 1.82) is 0 Å². The molecule has 0 bridgehead atoms. The first-order chi connectivity index (χ1) is 14.7. The van der Waals surface area contributed by atoms with E-state index in [2.05, 4.69) is 24.3 Å². The zero-order chi connectivity index (χ0) is 22.2. The van der Waals surface area contributed by atoms with E-state index in [1.165, 1.54) is 24.3 Å². The second-order valence-corrected chi connectivity index (χ2v) is 9.37. The summed E-state index contributed by atoms with van der Waals surface area (Å²) in [5, 5.41) is 9.87. The van der Waals surface area contributed by atoms with Crippen molar-refractivity contribution in [3.8, 4) is 0 Å². The molecule has 1 amide bonds. The monoisotopic (exact) mass is 433 g/mol. The largest absolute Gasteiger partial charge is 0.421 e. The van der Waals surface area contributed by atoms with Crippen LogP contribution in [-0.4, -0.2) is 34.2 Å². The smallest absolute Gasteiger partial charge is 0.376 e. The number of carbonyl (C=O) groups is 1. The number of alkyl halides is 3. The standard InChI is InChI=1S/C25H30F3NO2/c1-24(31,25(26,27)28)20-11-7-19(8-12-20)23(30)29(22-15-16-22)21-13-9-18(10-14-21)17-5-3-2-4-6-17/h2-5,7-8,11-12,17-18,21-22,31H,6,9-10,13-16H2,1H3/t17?,18?,21?,24-/m0/s1. The summed E-state index contributed by atoms with van der Waals surface area (Å²) in [5.74, 6) is 1.13. The Hall–Kier alpha value is -2.08. The van der Waals surface area contributed by atoms with Gasteiger partial charge in [0.05, 0.1) is 0 Å². The van der Waals surface area contributed by atoms with Gasteiger partial charge in [-0.2, -0.15) is 13.2 Å². The highest BCUT2D eigenvalue weighted by Gasteiger charge is 2.51. The highest BCUT2D eigenvalue weighted by atomic mass is 19.4. The topological polar surface area (TPSA) is 40.5 Å². The fraction of sp³-hybridized carbons (Fsp3) is 0.560. The van der Waals surface area contributed by atoms with Crippen LogP contribution in [0.5, 0.6) is 0 Å². The zero-order valence-electron chi connectivity index (χ0n) is 17.8. The van der Waals surface area contributed by atoms with Crippen LogP contribution in [0.1, 0.15) is 67.8 Å². The van der Waals surface area contributed by atoms with Gasteiger partial charge in [-0.3, -0.25) is 4.79 Å². The van der Waals surface area contributed by atoms with E-state index >= 15 is 0 Å². The number of hydrogen-bond donors (Lipinski definition) is 1. The predicted molar refractivity (Wildman–Crippen MR) is 113 cm³/mol. The van der Waals surface area contributed by atoms with E-state index in [1.54, 1.807) is 0 Å². The van der Waals surface area contributed by atoms with Crippen LogP contribution in [0.25, 0.3) is 0 Å². The molecule has 1 N–H and O–H groups in total. The lowest BCUT2D eigenvalue weighted by Crippen LogP contribution is -2.44. The Bertz CT molecular complexity index is 845. The number of rotatable bonds is 5. The predicted octanol–water partition coefficient (Wildman–Crippen LogP) is 5.75. The van der Waals surface area contributed by atoms with Crippen LogP contribution in [0.3, 0.4) is 0 Å². The molecule has 0 aromatic heterocycles. The van der Waals surface area contributed by atoms with Crippen molar-refractivity contribution in [1.82, 2.24) is 4.90 Å². The van der Waals surface area contributed by atoms with Crippen molar-refractivity contribution in [2.75, 3.05) is 0 Å². The summed E-state index contributed by atoms with van der Waals surface area (Å²) in [6, 6.07) is 5.69. The fourth-order valence-corrected chi connectivity index (χ4v) is 4.99. The maximum absolute atomic E-state index is 13.3. The Morgan fingerprint density at radius 1 is 0.968 bits per heavy atom. The van der Waals surface area contributed by atoms with Gasteiger partial charge in [-0.15, -0.1) is 0 Å². The van der Waals surface area contributed by atoms with Crippen molar-refractivity contribution < 1.29 is 23.1 Å². The third-order valence-electron chi connectivity index (χ3n) is 7.17. The highest BCUT2D eigenvalue weighted by Crippen LogP contribution is 2.41. The van der Waals surface area contributed by atoms with E-state index in [-0.39, 0.29) is 23.6 Å². The molecule has 2 saturated carbocycles. The van der Waals surface area contributed by atoms with Crippen molar-refractivity contribution in [2.45, 2.75) is 75.7 Å². The van der Waals surface area contributed by atoms with E-state index in [0.717, 1.165) is 51.9 Å². The van der Waals surface area contributed by atoms with Crippen LogP contribution in [0.2, 0.25) is 0 Å². The van der Waals surface area contributed by atoms with Gasteiger partial charge in [-0.25, -0.2) is 0 Å². The molecule has 0 radical (unpaired) electrons. The lowest BCUT2D eigenvalue weighted by Gasteiger charge is -2.39. The summed E-state index contributed by atoms with van der Waals surface area (Å²) < 4.78 is 39.3. The van der Waals surface area contributed by atoms with Gasteiger partial charge in [0.25, 0.3) is 5.91 Å². The summed E-state index contributed by atoms with van der Waals surface area (Å²) in [4.78, 5) is 15.3. The second kappa shape index (κ2) is 8.45. The Balaban J connectivity index is 1.44. The molecule has 3 aliphatic carbocycles. The number of nitrogens with zero attached hydrogens (tertiary/aromatic N) is 1. The average molecular weight is 434 g/mol. The van der Waals surface area contributed by atoms with Gasteiger partial charge in [0.15, 0.2) is 5.60 Å². The van der Waals surface area contributed by atoms with Crippen LogP contribution in [-0.2, 0) is 5.60 Å². The number of amides is 1. The number of halogens is 3. The maximum Gasteiger partial charge on any atom is 0.421 e. The van der Waals surface area contributed by atoms with Gasteiger partial charge in [0.2, 0.25) is 0 Å². The molecule has 168 valence electrons. The van der Waals surface area contributed by atoms with Crippen molar-refractivity contribution in [3.05, 3.63) is 59.7 Å². The summed E-state index contributed by atoms with van der Waals surface area (Å²) in [6.45, 7) is 0.732. The number of carbonyl (C=O) groups excluding carboxylic acids is 1. The summed E-state index contributed by atoms with van der Waals surface area (Å²) in [6.07, 6.45) is 11.2. The molecule has 6 heteroatoms. The van der Waals surface area contributed by atoms with Crippen molar-refractivity contribution in [2.24, 2.45) is 11.8 Å². The molecular formula is C25H30F3NO2. The van der Waals surface area contributed by atoms with E-state index in [4.69, 9.17) is 0 Å². The lowest BCUT2D eigenvalue weighted by molar-refractivity contribution is -0.258. The molecule has 31 heavy (non-hydrogen) atoms.